The van der Waals surface area contributed by atoms with Gasteiger partial charge in [0, 0.05) is 24.5 Å². The first kappa shape index (κ1) is 26.6. The van der Waals surface area contributed by atoms with E-state index >= 15 is 0 Å². The molecule has 194 valence electrons. The second-order valence-electron chi connectivity index (χ2n) is 8.97. The van der Waals surface area contributed by atoms with Gasteiger partial charge >= 0.3 is 0 Å². The first-order valence-corrected chi connectivity index (χ1v) is 13.2. The largest absolute Gasteiger partial charge is 0.497 e. The number of hydrogen-bond donors (Lipinski definition) is 1. The van der Waals surface area contributed by atoms with Gasteiger partial charge in [0.1, 0.15) is 17.3 Å². The Morgan fingerprint density at radius 2 is 1.68 bits per heavy atom. The maximum atomic E-state index is 12.2. The number of nitrogens with one attached hydrogen (secondary N) is 1. The minimum Gasteiger partial charge on any atom is -0.497 e. The number of rotatable bonds is 14. The molecule has 7 heteroatoms. The van der Waals surface area contributed by atoms with Crippen molar-refractivity contribution in [3.05, 3.63) is 89.2 Å². The highest BCUT2D eigenvalue weighted by Gasteiger charge is 2.11. The molecule has 1 heterocycles. The summed E-state index contributed by atoms with van der Waals surface area (Å²) in [5.41, 5.74) is 3.05. The van der Waals surface area contributed by atoms with E-state index < -0.39 is 0 Å². The van der Waals surface area contributed by atoms with Gasteiger partial charge < -0.3 is 19.4 Å². The summed E-state index contributed by atoms with van der Waals surface area (Å²) in [4.78, 5) is 17.1. The number of benzene rings is 3. The molecule has 0 spiro atoms. The molecule has 0 saturated heterocycles. The van der Waals surface area contributed by atoms with Crippen LogP contribution in [0.15, 0.2) is 72.8 Å². The Morgan fingerprint density at radius 1 is 0.919 bits per heavy atom. The van der Waals surface area contributed by atoms with Gasteiger partial charge in [-0.15, -0.1) is 0 Å². The summed E-state index contributed by atoms with van der Waals surface area (Å²) in [6, 6.07) is 23.4. The normalized spacial score (nSPS) is 11.0. The molecule has 1 amide bonds. The van der Waals surface area contributed by atoms with Crippen molar-refractivity contribution in [2.24, 2.45) is 0 Å². The molecule has 6 nitrogen and oxygen atoms in total. The number of methoxy groups -OCH3 is 1. The van der Waals surface area contributed by atoms with Crippen LogP contribution in [0.25, 0.3) is 11.0 Å². The number of aromatic nitrogens is 2. The average Bonchev–Trinajstić information content (AvgIpc) is 3.27. The van der Waals surface area contributed by atoms with E-state index in [1.54, 1.807) is 7.11 Å². The number of nitrogens with zero attached hydrogens (tertiary/aromatic N) is 2. The first-order chi connectivity index (χ1) is 18.1. The van der Waals surface area contributed by atoms with Gasteiger partial charge in [0.25, 0.3) is 0 Å². The summed E-state index contributed by atoms with van der Waals surface area (Å²) < 4.78 is 13.4. The van der Waals surface area contributed by atoms with Crippen LogP contribution in [0.3, 0.4) is 0 Å². The van der Waals surface area contributed by atoms with Crippen LogP contribution in [0.1, 0.15) is 37.1 Å². The number of unbranched alkanes of at least 4 members (excludes halogenated alkanes) is 2. The molecule has 0 bridgehead atoms. The lowest BCUT2D eigenvalue weighted by atomic mass is 10.1. The van der Waals surface area contributed by atoms with Gasteiger partial charge in [0.15, 0.2) is 0 Å². The molecular formula is C30H34ClN3O3. The topological polar surface area (TPSA) is 65.4 Å². The summed E-state index contributed by atoms with van der Waals surface area (Å²) in [7, 11) is 1.66. The van der Waals surface area contributed by atoms with Crippen LogP contribution in [-0.4, -0.2) is 35.7 Å². The minimum atomic E-state index is 0.00625. The summed E-state index contributed by atoms with van der Waals surface area (Å²) in [6.07, 6.45) is 5.08. The van der Waals surface area contributed by atoms with Crippen LogP contribution in [0.5, 0.6) is 11.5 Å². The van der Waals surface area contributed by atoms with Gasteiger partial charge in [-0.25, -0.2) is 4.98 Å². The molecule has 0 aliphatic heterocycles. The molecule has 0 unspecified atom stereocenters. The molecule has 1 N–H and O–H groups in total. The number of carbonyl (C=O) groups excluding carboxylic acids is 1. The average molecular weight is 520 g/mol. The first-order valence-electron chi connectivity index (χ1n) is 12.8. The maximum absolute atomic E-state index is 12.2. The lowest BCUT2D eigenvalue weighted by Gasteiger charge is -2.11. The number of hydrogen-bond acceptors (Lipinski definition) is 4. The van der Waals surface area contributed by atoms with Crippen molar-refractivity contribution in [2.45, 2.75) is 45.1 Å². The lowest BCUT2D eigenvalue weighted by Crippen LogP contribution is -2.26. The Labute approximate surface area is 223 Å². The molecular weight excluding hydrogens is 486 g/mol. The van der Waals surface area contributed by atoms with Gasteiger partial charge in [-0.05, 0) is 67.3 Å². The highest BCUT2D eigenvalue weighted by molar-refractivity contribution is 6.31. The second kappa shape index (κ2) is 13.7. The van der Waals surface area contributed by atoms with Crippen molar-refractivity contribution in [3.8, 4) is 11.5 Å². The second-order valence-corrected chi connectivity index (χ2v) is 9.38. The molecule has 1 aromatic heterocycles. The number of fused-ring (bicyclic) bond motifs is 1. The van der Waals surface area contributed by atoms with E-state index in [0.29, 0.717) is 24.6 Å². The number of carbonyl (C=O) groups is 1. The number of amides is 1. The smallest absolute Gasteiger partial charge is 0.224 e. The molecule has 3 aromatic carbocycles. The fraction of sp³-hybridized carbons (Fsp3) is 0.333. The summed E-state index contributed by atoms with van der Waals surface area (Å²) in [5, 5.41) is 3.64. The minimum absolute atomic E-state index is 0.00625. The monoisotopic (exact) mass is 519 g/mol. The predicted molar refractivity (Wildman–Crippen MR) is 149 cm³/mol. The van der Waals surface area contributed by atoms with E-state index in [2.05, 4.69) is 28.1 Å². The molecule has 0 atom stereocenters. The van der Waals surface area contributed by atoms with E-state index in [0.717, 1.165) is 72.6 Å². The molecule has 4 aromatic rings. The molecule has 0 aliphatic rings. The molecule has 0 radical (unpaired) electrons. The van der Waals surface area contributed by atoms with Gasteiger partial charge in [0.2, 0.25) is 5.91 Å². The van der Waals surface area contributed by atoms with Gasteiger partial charge in [-0.3, -0.25) is 4.79 Å². The third-order valence-electron chi connectivity index (χ3n) is 6.30. The number of para-hydroxylation sites is 2. The summed E-state index contributed by atoms with van der Waals surface area (Å²) in [6.45, 7) is 2.15. The predicted octanol–water partition coefficient (Wildman–Crippen LogP) is 6.24. The van der Waals surface area contributed by atoms with Crippen molar-refractivity contribution in [1.29, 1.82) is 0 Å². The van der Waals surface area contributed by atoms with Crippen molar-refractivity contribution >= 4 is 28.5 Å². The van der Waals surface area contributed by atoms with Gasteiger partial charge in [0.05, 0.1) is 31.2 Å². The molecule has 0 fully saturated rings. The molecule has 0 aliphatic carbocycles. The molecule has 0 saturated carbocycles. The molecule has 4 rings (SSSR count). The van der Waals surface area contributed by atoms with Crippen molar-refractivity contribution in [1.82, 2.24) is 14.9 Å². The zero-order chi connectivity index (χ0) is 25.9. The quantitative estimate of drug-likeness (QED) is 0.200. The highest BCUT2D eigenvalue weighted by Crippen LogP contribution is 2.20. The van der Waals surface area contributed by atoms with Crippen LogP contribution in [0, 0.1) is 0 Å². The Bertz CT molecular complexity index is 1290. The zero-order valence-electron chi connectivity index (χ0n) is 21.3. The van der Waals surface area contributed by atoms with Crippen LogP contribution in [0.4, 0.5) is 0 Å². The highest BCUT2D eigenvalue weighted by atomic mass is 35.5. The molecule has 37 heavy (non-hydrogen) atoms. The fourth-order valence-electron chi connectivity index (χ4n) is 4.34. The van der Waals surface area contributed by atoms with Crippen molar-refractivity contribution in [2.75, 3.05) is 20.3 Å². The third kappa shape index (κ3) is 7.73. The van der Waals surface area contributed by atoms with E-state index in [9.17, 15) is 4.79 Å². The lowest BCUT2D eigenvalue weighted by molar-refractivity contribution is -0.120. The fourth-order valence-corrected chi connectivity index (χ4v) is 4.54. The van der Waals surface area contributed by atoms with Crippen molar-refractivity contribution in [3.63, 3.8) is 0 Å². The van der Waals surface area contributed by atoms with Crippen LogP contribution < -0.4 is 14.8 Å². The Hall–Kier alpha value is -3.51. The Morgan fingerprint density at radius 3 is 2.49 bits per heavy atom. The number of aryl methyl sites for hydroxylation is 2. The standard InChI is InChI=1S/C30H34ClN3O3/c1-36-24-15-17-25(18-16-24)37-21-9-20-34-28-13-7-6-12-27(28)33-29(34)14-3-2-8-19-32-30(35)22-23-10-4-5-11-26(23)31/h4-7,10-13,15-18H,2-3,8-9,14,19-22H2,1H3,(H,32,35). The van der Waals surface area contributed by atoms with Crippen LogP contribution >= 0.6 is 11.6 Å². The van der Waals surface area contributed by atoms with Gasteiger partial charge in [-0.1, -0.05) is 48.4 Å². The van der Waals surface area contributed by atoms with E-state index in [-0.39, 0.29) is 5.91 Å². The number of imidazole rings is 1. The Kier molecular flexibility index (Phi) is 9.83. The summed E-state index contributed by atoms with van der Waals surface area (Å²) >= 11 is 6.15. The maximum Gasteiger partial charge on any atom is 0.224 e. The summed E-state index contributed by atoms with van der Waals surface area (Å²) in [5.74, 6) is 2.77. The van der Waals surface area contributed by atoms with E-state index in [4.69, 9.17) is 26.1 Å². The van der Waals surface area contributed by atoms with Crippen LogP contribution in [0.2, 0.25) is 5.02 Å². The van der Waals surface area contributed by atoms with Crippen LogP contribution in [-0.2, 0) is 24.2 Å². The van der Waals surface area contributed by atoms with Crippen molar-refractivity contribution < 1.29 is 14.3 Å². The van der Waals surface area contributed by atoms with Gasteiger partial charge in [-0.2, -0.15) is 0 Å². The van der Waals surface area contributed by atoms with E-state index in [1.165, 1.54) is 0 Å². The van der Waals surface area contributed by atoms with E-state index in [1.807, 2.05) is 54.6 Å². The SMILES string of the molecule is COc1ccc(OCCCn2c(CCCCCNC(=O)Cc3ccccc3Cl)nc3ccccc32)cc1. The number of halogens is 1. The number of ether oxygens (including phenoxy) is 2. The Balaban J connectivity index is 1.21. The zero-order valence-corrected chi connectivity index (χ0v) is 22.0. The third-order valence-corrected chi connectivity index (χ3v) is 6.66.